The zero-order chi connectivity index (χ0) is 20.0. The van der Waals surface area contributed by atoms with Crippen LogP contribution in [0.25, 0.3) is 0 Å². The Kier molecular flexibility index (Phi) is 9.89. The van der Waals surface area contributed by atoms with Gasteiger partial charge in [-0.05, 0) is 24.3 Å². The van der Waals surface area contributed by atoms with Crippen LogP contribution >= 0.6 is 7.82 Å². The predicted molar refractivity (Wildman–Crippen MR) is 98.1 cm³/mol. The number of hydrogen-bond donors (Lipinski definition) is 1. The molecule has 142 valence electrons. The number of nitrogens with zero attached hydrogens (tertiary/aromatic N) is 1. The zero-order valence-corrected chi connectivity index (χ0v) is 15.2. The van der Waals surface area contributed by atoms with E-state index in [4.69, 9.17) is 9.05 Å². The quantitative estimate of drug-likeness (QED) is 0.183. The van der Waals surface area contributed by atoms with E-state index in [0.29, 0.717) is 0 Å². The lowest BCUT2D eigenvalue weighted by Gasteiger charge is -2.13. The van der Waals surface area contributed by atoms with Gasteiger partial charge in [0.1, 0.15) is 18.1 Å². The number of benzene rings is 2. The van der Waals surface area contributed by atoms with Gasteiger partial charge in [-0.15, -0.1) is 0 Å². The Morgan fingerprint density at radius 3 is 1.96 bits per heavy atom. The van der Waals surface area contributed by atoms with Gasteiger partial charge >= 0.3 is 13.8 Å². The van der Waals surface area contributed by atoms with Crippen LogP contribution in [0.4, 0.5) is 0 Å². The van der Waals surface area contributed by atoms with Crippen LogP contribution in [-0.4, -0.2) is 30.1 Å². The van der Waals surface area contributed by atoms with Crippen molar-refractivity contribution in [3.05, 3.63) is 73.3 Å². The molecule has 0 saturated carbocycles. The average molecular weight is 391 g/mol. The molecule has 0 radical (unpaired) electrons. The smallest absolute Gasteiger partial charge is 0.461 e. The molecule has 2 rings (SSSR count). The predicted octanol–water partition coefficient (Wildman–Crippen LogP) is 3.30. The van der Waals surface area contributed by atoms with Gasteiger partial charge in [0.15, 0.2) is 0 Å². The molecule has 0 spiro atoms. The van der Waals surface area contributed by atoms with Gasteiger partial charge in [-0.3, -0.25) is 4.89 Å². The van der Waals surface area contributed by atoms with E-state index in [1.807, 2.05) is 0 Å². The molecule has 0 aliphatic heterocycles. The Bertz CT molecular complexity index is 759. The van der Waals surface area contributed by atoms with Gasteiger partial charge < -0.3 is 13.8 Å². The van der Waals surface area contributed by atoms with Gasteiger partial charge in [-0.1, -0.05) is 43.0 Å². The maximum absolute atomic E-state index is 11.7. The highest BCUT2D eigenvalue weighted by Gasteiger charge is 2.24. The minimum absolute atomic E-state index is 0.0973. The van der Waals surface area contributed by atoms with Crippen LogP contribution < -0.4 is 9.05 Å². The first kappa shape index (κ1) is 21.9. The number of carbonyl (C=O) groups is 1. The summed E-state index contributed by atoms with van der Waals surface area (Å²) >= 11 is 0. The molecular formula is C18H18NO7P. The fourth-order valence-corrected chi connectivity index (χ4v) is 2.36. The Labute approximate surface area is 156 Å². The highest BCUT2D eigenvalue weighted by Crippen LogP contribution is 2.44. The minimum Gasteiger partial charge on any atom is -0.461 e. The number of aliphatic imine (C=N–C) groups is 1. The SMILES string of the molecule is C=CC(=O)OCCN=C=O.O=P(O)(Oc1ccccc1)Oc1ccccc1. The van der Waals surface area contributed by atoms with Crippen molar-refractivity contribution in [1.82, 2.24) is 0 Å². The zero-order valence-electron chi connectivity index (χ0n) is 14.3. The van der Waals surface area contributed by atoms with E-state index in [2.05, 4.69) is 16.3 Å². The largest absolute Gasteiger partial charge is 0.584 e. The molecule has 0 atom stereocenters. The molecule has 27 heavy (non-hydrogen) atoms. The Hall–Kier alpha value is -3.18. The Balaban J connectivity index is 0.000000314. The van der Waals surface area contributed by atoms with Crippen molar-refractivity contribution in [2.75, 3.05) is 13.2 Å². The molecule has 0 saturated heterocycles. The maximum Gasteiger partial charge on any atom is 0.584 e. The third kappa shape index (κ3) is 10.4. The van der Waals surface area contributed by atoms with E-state index < -0.39 is 13.8 Å². The van der Waals surface area contributed by atoms with E-state index >= 15 is 0 Å². The van der Waals surface area contributed by atoms with Gasteiger partial charge in [0.25, 0.3) is 0 Å². The fraction of sp³-hybridized carbons (Fsp3) is 0.111. The van der Waals surface area contributed by atoms with Crippen molar-refractivity contribution in [1.29, 1.82) is 0 Å². The first-order valence-corrected chi connectivity index (χ1v) is 9.11. The summed E-state index contributed by atoms with van der Waals surface area (Å²) in [5.74, 6) is 0.0598. The summed E-state index contributed by atoms with van der Waals surface area (Å²) in [4.78, 5) is 32.5. The van der Waals surface area contributed by atoms with E-state index in [9.17, 15) is 19.0 Å². The van der Waals surface area contributed by atoms with Crippen molar-refractivity contribution < 1.29 is 32.8 Å². The molecular weight excluding hydrogens is 373 g/mol. The number of hydrogen-bond acceptors (Lipinski definition) is 7. The van der Waals surface area contributed by atoms with Crippen LogP contribution in [0.1, 0.15) is 0 Å². The second-order valence-corrected chi connectivity index (χ2v) is 5.92. The summed E-state index contributed by atoms with van der Waals surface area (Å²) in [5, 5.41) is 0. The number of esters is 1. The van der Waals surface area contributed by atoms with Crippen molar-refractivity contribution in [3.63, 3.8) is 0 Å². The lowest BCUT2D eigenvalue weighted by Crippen LogP contribution is -2.03. The summed E-state index contributed by atoms with van der Waals surface area (Å²) < 4.78 is 25.9. The highest BCUT2D eigenvalue weighted by atomic mass is 31.2. The van der Waals surface area contributed by atoms with Crippen LogP contribution in [-0.2, 0) is 18.9 Å². The van der Waals surface area contributed by atoms with Crippen LogP contribution in [0, 0.1) is 0 Å². The van der Waals surface area contributed by atoms with Gasteiger partial charge in [-0.25, -0.2) is 19.1 Å². The van der Waals surface area contributed by atoms with Crippen molar-refractivity contribution in [3.8, 4) is 11.5 Å². The number of ether oxygens (including phenoxy) is 1. The molecule has 0 aliphatic rings. The number of phosphoric acid groups is 1. The first-order chi connectivity index (χ1) is 13.0. The topological polar surface area (TPSA) is 111 Å². The van der Waals surface area contributed by atoms with E-state index in [0.717, 1.165) is 6.08 Å². The van der Waals surface area contributed by atoms with Crippen LogP contribution in [0.2, 0.25) is 0 Å². The van der Waals surface area contributed by atoms with Crippen molar-refractivity contribution in [2.24, 2.45) is 4.99 Å². The average Bonchev–Trinajstić information content (AvgIpc) is 2.66. The number of rotatable bonds is 8. The molecule has 0 aliphatic carbocycles. The molecule has 2 aromatic carbocycles. The molecule has 0 fully saturated rings. The summed E-state index contributed by atoms with van der Waals surface area (Å²) in [6.45, 7) is 3.43. The molecule has 9 heteroatoms. The van der Waals surface area contributed by atoms with E-state index in [-0.39, 0.29) is 24.7 Å². The van der Waals surface area contributed by atoms with Crippen LogP contribution in [0.15, 0.2) is 78.3 Å². The number of phosphoric ester groups is 1. The van der Waals surface area contributed by atoms with Crippen LogP contribution in [0.3, 0.4) is 0 Å². The molecule has 8 nitrogen and oxygen atoms in total. The first-order valence-electron chi connectivity index (χ1n) is 7.62. The normalized spacial score (nSPS) is 9.67. The standard InChI is InChI=1S/C12H11O4P.C6H7NO3/c13-17(14,15-11-7-3-1-4-8-11)16-12-9-5-2-6-10-12;1-2-6(9)10-4-3-7-5-8/h1-10H,(H,13,14);2H,1,3-4H2. The van der Waals surface area contributed by atoms with Gasteiger partial charge in [-0.2, -0.15) is 0 Å². The summed E-state index contributed by atoms with van der Waals surface area (Å²) in [5.41, 5.74) is 0. The van der Waals surface area contributed by atoms with E-state index in [1.54, 1.807) is 60.7 Å². The fourth-order valence-electron chi connectivity index (χ4n) is 1.54. The maximum atomic E-state index is 11.7. The minimum atomic E-state index is -4.14. The molecule has 0 amide bonds. The Morgan fingerprint density at radius 1 is 1.07 bits per heavy atom. The molecule has 2 aromatic rings. The lowest BCUT2D eigenvalue weighted by molar-refractivity contribution is -0.137. The van der Waals surface area contributed by atoms with Crippen LogP contribution in [0.5, 0.6) is 11.5 Å². The van der Waals surface area contributed by atoms with Crippen molar-refractivity contribution >= 4 is 19.9 Å². The molecule has 1 N–H and O–H groups in total. The summed E-state index contributed by atoms with van der Waals surface area (Å²) in [6.07, 6.45) is 2.36. The number of isocyanates is 1. The molecule has 0 aromatic heterocycles. The number of para-hydroxylation sites is 2. The summed E-state index contributed by atoms with van der Waals surface area (Å²) in [6, 6.07) is 16.7. The van der Waals surface area contributed by atoms with Gasteiger partial charge in [0.05, 0.1) is 6.54 Å². The summed E-state index contributed by atoms with van der Waals surface area (Å²) in [7, 11) is -4.14. The molecule has 0 heterocycles. The van der Waals surface area contributed by atoms with Crippen molar-refractivity contribution in [2.45, 2.75) is 0 Å². The van der Waals surface area contributed by atoms with Gasteiger partial charge in [0, 0.05) is 6.08 Å². The highest BCUT2D eigenvalue weighted by molar-refractivity contribution is 7.48. The lowest BCUT2D eigenvalue weighted by atomic mass is 10.3. The Morgan fingerprint density at radius 2 is 1.56 bits per heavy atom. The number of carbonyl (C=O) groups excluding carboxylic acids is 2. The third-order valence-electron chi connectivity index (χ3n) is 2.61. The second kappa shape index (κ2) is 12.2. The molecule has 0 bridgehead atoms. The van der Waals surface area contributed by atoms with Gasteiger partial charge in [0.2, 0.25) is 6.08 Å². The third-order valence-corrected chi connectivity index (χ3v) is 3.49. The monoisotopic (exact) mass is 391 g/mol. The van der Waals surface area contributed by atoms with E-state index in [1.165, 1.54) is 6.08 Å². The molecule has 0 unspecified atom stereocenters. The second-order valence-electron chi connectivity index (χ2n) is 4.62.